The number of hydrogen-bond acceptors (Lipinski definition) is 5. The molecule has 1 aliphatic heterocycles. The second-order valence-corrected chi connectivity index (χ2v) is 6.01. The summed E-state index contributed by atoms with van der Waals surface area (Å²) in [5.74, 6) is 0.640. The normalized spacial score (nSPS) is 15.4. The minimum atomic E-state index is -0.322. The third-order valence-electron chi connectivity index (χ3n) is 3.58. The van der Waals surface area contributed by atoms with Gasteiger partial charge in [-0.05, 0) is 40.9 Å². The lowest BCUT2D eigenvalue weighted by atomic mass is 10.2. The third kappa shape index (κ3) is 3.65. The van der Waals surface area contributed by atoms with E-state index in [-0.39, 0.29) is 11.7 Å². The number of rotatable bonds is 3. The maximum absolute atomic E-state index is 12.0. The van der Waals surface area contributed by atoms with Gasteiger partial charge in [0, 0.05) is 13.1 Å². The third-order valence-corrected chi connectivity index (χ3v) is 4.01. The van der Waals surface area contributed by atoms with E-state index in [2.05, 4.69) is 36.1 Å². The van der Waals surface area contributed by atoms with Gasteiger partial charge < -0.3 is 14.6 Å². The highest BCUT2D eigenvalue weighted by Crippen LogP contribution is 2.18. The second-order valence-electron chi connectivity index (χ2n) is 5.23. The first-order valence-corrected chi connectivity index (χ1v) is 8.15. The van der Waals surface area contributed by atoms with E-state index in [9.17, 15) is 4.79 Å². The van der Waals surface area contributed by atoms with Gasteiger partial charge in [-0.25, -0.2) is 9.97 Å². The van der Waals surface area contributed by atoms with Crippen molar-refractivity contribution in [2.45, 2.75) is 25.7 Å². The van der Waals surface area contributed by atoms with E-state index in [1.54, 1.807) is 24.5 Å². The number of anilines is 2. The highest BCUT2D eigenvalue weighted by atomic mass is 79.9. The molecule has 3 heterocycles. The highest BCUT2D eigenvalue weighted by molar-refractivity contribution is 9.10. The lowest BCUT2D eigenvalue weighted by molar-refractivity contribution is 0.0995. The molecule has 0 bridgehead atoms. The Labute approximate surface area is 137 Å². The van der Waals surface area contributed by atoms with Crippen LogP contribution in [-0.4, -0.2) is 29.0 Å². The van der Waals surface area contributed by atoms with Crippen molar-refractivity contribution in [2.24, 2.45) is 0 Å². The van der Waals surface area contributed by atoms with Gasteiger partial charge in [0.25, 0.3) is 5.91 Å². The minimum Gasteiger partial charge on any atom is -0.444 e. The number of halogens is 1. The highest BCUT2D eigenvalue weighted by Gasteiger charge is 2.14. The summed E-state index contributed by atoms with van der Waals surface area (Å²) < 4.78 is 5.72. The van der Waals surface area contributed by atoms with Gasteiger partial charge >= 0.3 is 0 Å². The minimum absolute atomic E-state index is 0.239. The van der Waals surface area contributed by atoms with E-state index in [0.29, 0.717) is 10.4 Å². The maximum Gasteiger partial charge on any atom is 0.291 e. The lowest BCUT2D eigenvalue weighted by Crippen LogP contribution is -2.26. The molecule has 0 unspecified atom stereocenters. The molecule has 2 aromatic heterocycles. The van der Waals surface area contributed by atoms with Gasteiger partial charge in [0.15, 0.2) is 10.4 Å². The van der Waals surface area contributed by atoms with E-state index in [1.165, 1.54) is 25.7 Å². The van der Waals surface area contributed by atoms with E-state index in [1.807, 2.05) is 0 Å². The molecule has 0 aliphatic carbocycles. The number of amides is 1. The Morgan fingerprint density at radius 2 is 1.82 bits per heavy atom. The monoisotopic (exact) mass is 364 g/mol. The van der Waals surface area contributed by atoms with E-state index in [0.717, 1.165) is 19.0 Å². The Morgan fingerprint density at radius 3 is 2.41 bits per heavy atom. The fraction of sp³-hybridized carbons (Fsp3) is 0.400. The molecule has 0 spiro atoms. The Hall–Kier alpha value is -1.89. The van der Waals surface area contributed by atoms with Crippen LogP contribution in [0.3, 0.4) is 0 Å². The van der Waals surface area contributed by atoms with Gasteiger partial charge in [0.05, 0.1) is 18.1 Å². The van der Waals surface area contributed by atoms with Crippen LogP contribution in [0.4, 0.5) is 11.6 Å². The largest absolute Gasteiger partial charge is 0.444 e. The van der Waals surface area contributed by atoms with Crippen molar-refractivity contribution in [3.63, 3.8) is 0 Å². The molecule has 7 heteroatoms. The summed E-state index contributed by atoms with van der Waals surface area (Å²) in [5, 5.41) is 2.72. The zero-order valence-corrected chi connectivity index (χ0v) is 13.7. The van der Waals surface area contributed by atoms with Crippen LogP contribution >= 0.6 is 15.9 Å². The maximum atomic E-state index is 12.0. The quantitative estimate of drug-likeness (QED) is 0.902. The molecule has 0 aromatic carbocycles. The van der Waals surface area contributed by atoms with Crippen molar-refractivity contribution < 1.29 is 9.21 Å². The van der Waals surface area contributed by atoms with Crippen LogP contribution in [0.1, 0.15) is 36.2 Å². The molecular weight excluding hydrogens is 348 g/mol. The van der Waals surface area contributed by atoms with Crippen molar-refractivity contribution in [2.75, 3.05) is 23.3 Å². The van der Waals surface area contributed by atoms with Crippen LogP contribution in [0.15, 0.2) is 33.6 Å². The van der Waals surface area contributed by atoms with Gasteiger partial charge in [-0.15, -0.1) is 0 Å². The average molecular weight is 365 g/mol. The van der Waals surface area contributed by atoms with Crippen molar-refractivity contribution in [1.82, 2.24) is 9.97 Å². The molecule has 0 atom stereocenters. The van der Waals surface area contributed by atoms with E-state index < -0.39 is 0 Å². The summed E-state index contributed by atoms with van der Waals surface area (Å²) >= 11 is 3.17. The number of furan rings is 1. The molecular formula is C15H17BrN4O2. The summed E-state index contributed by atoms with van der Waals surface area (Å²) in [6, 6.07) is 3.28. The van der Waals surface area contributed by atoms with Crippen LogP contribution in [0.5, 0.6) is 0 Å². The van der Waals surface area contributed by atoms with E-state index in [4.69, 9.17) is 4.42 Å². The van der Waals surface area contributed by atoms with Crippen molar-refractivity contribution in [1.29, 1.82) is 0 Å². The molecule has 0 radical (unpaired) electrons. The Balaban J connectivity index is 1.64. The number of aromatic nitrogens is 2. The average Bonchev–Trinajstić information content (AvgIpc) is 2.80. The topological polar surface area (TPSA) is 71.3 Å². The molecule has 1 N–H and O–H groups in total. The van der Waals surface area contributed by atoms with Gasteiger partial charge in [-0.1, -0.05) is 12.8 Å². The fourth-order valence-electron chi connectivity index (χ4n) is 2.45. The SMILES string of the molecule is O=C(Nc1cnc(N2CCCCCC2)nc1)c1ccc(Br)o1. The molecule has 1 aliphatic rings. The van der Waals surface area contributed by atoms with Gasteiger partial charge in [0.2, 0.25) is 5.95 Å². The van der Waals surface area contributed by atoms with Gasteiger partial charge in [-0.2, -0.15) is 0 Å². The number of carbonyl (C=O) groups excluding carboxylic acids is 1. The Morgan fingerprint density at radius 1 is 1.14 bits per heavy atom. The predicted octanol–water partition coefficient (Wildman–Crippen LogP) is 3.46. The molecule has 3 rings (SSSR count). The molecule has 0 saturated carbocycles. The molecule has 1 saturated heterocycles. The lowest BCUT2D eigenvalue weighted by Gasteiger charge is -2.19. The Bertz CT molecular complexity index is 633. The van der Waals surface area contributed by atoms with Crippen molar-refractivity contribution >= 4 is 33.5 Å². The zero-order valence-electron chi connectivity index (χ0n) is 12.1. The molecule has 6 nitrogen and oxygen atoms in total. The molecule has 1 fully saturated rings. The van der Waals surface area contributed by atoms with Crippen molar-refractivity contribution in [3.8, 4) is 0 Å². The summed E-state index contributed by atoms with van der Waals surface area (Å²) in [4.78, 5) is 22.9. The first-order valence-electron chi connectivity index (χ1n) is 7.36. The predicted molar refractivity (Wildman–Crippen MR) is 87.1 cm³/mol. The van der Waals surface area contributed by atoms with E-state index >= 15 is 0 Å². The molecule has 1 amide bonds. The molecule has 22 heavy (non-hydrogen) atoms. The van der Waals surface area contributed by atoms with Crippen molar-refractivity contribution in [3.05, 3.63) is 35.0 Å². The van der Waals surface area contributed by atoms with Crippen LogP contribution in [0.2, 0.25) is 0 Å². The number of hydrogen-bond donors (Lipinski definition) is 1. The zero-order chi connectivity index (χ0) is 15.4. The summed E-state index contributed by atoms with van der Waals surface area (Å²) in [6.07, 6.45) is 8.14. The molecule has 2 aromatic rings. The standard InChI is InChI=1S/C15H17BrN4O2/c16-13-6-5-12(22-13)14(21)19-11-9-17-15(18-10-11)20-7-3-1-2-4-8-20/h5-6,9-10H,1-4,7-8H2,(H,19,21). The fourth-order valence-corrected chi connectivity index (χ4v) is 2.76. The number of carbonyl (C=O) groups is 1. The number of nitrogens with zero attached hydrogens (tertiary/aromatic N) is 3. The Kier molecular flexibility index (Phi) is 4.72. The number of nitrogens with one attached hydrogen (secondary N) is 1. The van der Waals surface area contributed by atoms with Crippen LogP contribution in [0, 0.1) is 0 Å². The van der Waals surface area contributed by atoms with Crippen LogP contribution < -0.4 is 10.2 Å². The summed E-state index contributed by atoms with van der Waals surface area (Å²) in [5.41, 5.74) is 0.552. The van der Waals surface area contributed by atoms with Gasteiger partial charge in [0.1, 0.15) is 0 Å². The molecule has 116 valence electrons. The summed E-state index contributed by atoms with van der Waals surface area (Å²) in [6.45, 7) is 1.98. The smallest absolute Gasteiger partial charge is 0.291 e. The first kappa shape index (κ1) is 15.0. The first-order chi connectivity index (χ1) is 10.7. The van der Waals surface area contributed by atoms with Crippen LogP contribution in [0.25, 0.3) is 0 Å². The van der Waals surface area contributed by atoms with Gasteiger partial charge in [-0.3, -0.25) is 4.79 Å². The van der Waals surface area contributed by atoms with Crippen LogP contribution in [-0.2, 0) is 0 Å². The second kappa shape index (κ2) is 6.91. The summed E-state index contributed by atoms with van der Waals surface area (Å²) in [7, 11) is 0.